The summed E-state index contributed by atoms with van der Waals surface area (Å²) in [4.78, 5) is 0. The molecule has 0 amide bonds. The normalized spacial score (nSPS) is 9.50. The van der Waals surface area contributed by atoms with Crippen LogP contribution in [0.15, 0.2) is 0 Å². The Hall–Kier alpha value is 0.477. The molecule has 0 radical (unpaired) electrons. The zero-order chi connectivity index (χ0) is 8.36. The van der Waals surface area contributed by atoms with Gasteiger partial charge in [0, 0.05) is 0 Å². The van der Waals surface area contributed by atoms with Crippen molar-refractivity contribution in [3.8, 4) is 0 Å². The molecular formula is C8H22LiN3. The summed E-state index contributed by atoms with van der Waals surface area (Å²) in [7, 11) is 0. The van der Waals surface area contributed by atoms with Gasteiger partial charge in [0.1, 0.15) is 0 Å². The number of nitrogens with two attached hydrogens (primary N) is 2. The second-order valence-corrected chi connectivity index (χ2v) is 2.74. The Morgan fingerprint density at radius 1 is 0.833 bits per heavy atom. The first-order chi connectivity index (χ1) is 5.41. The first-order valence-electron chi connectivity index (χ1n) is 4.52. The van der Waals surface area contributed by atoms with E-state index in [2.05, 4.69) is 5.32 Å². The van der Waals surface area contributed by atoms with Crippen molar-refractivity contribution in [2.45, 2.75) is 25.7 Å². The topological polar surface area (TPSA) is 64.1 Å². The monoisotopic (exact) mass is 167 g/mol. The van der Waals surface area contributed by atoms with Gasteiger partial charge in [0.2, 0.25) is 0 Å². The van der Waals surface area contributed by atoms with E-state index in [1.165, 1.54) is 12.8 Å². The van der Waals surface area contributed by atoms with E-state index in [0.29, 0.717) is 0 Å². The minimum atomic E-state index is 0. The molecule has 0 saturated heterocycles. The molecule has 0 aliphatic rings. The average molecular weight is 167 g/mol. The van der Waals surface area contributed by atoms with Crippen LogP contribution in [0.2, 0.25) is 0 Å². The van der Waals surface area contributed by atoms with Gasteiger partial charge >= 0.3 is 18.9 Å². The van der Waals surface area contributed by atoms with E-state index in [9.17, 15) is 0 Å². The van der Waals surface area contributed by atoms with Gasteiger partial charge in [-0.15, -0.1) is 0 Å². The zero-order valence-electron chi connectivity index (χ0n) is 9.31. The van der Waals surface area contributed by atoms with E-state index in [4.69, 9.17) is 11.5 Å². The fourth-order valence-electron chi connectivity index (χ4n) is 0.914. The molecule has 0 aromatic carbocycles. The Bertz CT molecular complexity index is 68.4. The van der Waals surface area contributed by atoms with Gasteiger partial charge in [-0.2, -0.15) is 0 Å². The summed E-state index contributed by atoms with van der Waals surface area (Å²) < 4.78 is 0. The van der Waals surface area contributed by atoms with Crippen LogP contribution in [-0.4, -0.2) is 26.2 Å². The van der Waals surface area contributed by atoms with Gasteiger partial charge in [-0.1, -0.05) is 0 Å². The van der Waals surface area contributed by atoms with Gasteiger partial charge < -0.3 is 18.2 Å². The Morgan fingerprint density at radius 3 is 1.58 bits per heavy atom. The SMILES string of the molecule is NCCCCNCCCCN.[H-].[Li+]. The summed E-state index contributed by atoms with van der Waals surface area (Å²) in [5.41, 5.74) is 10.7. The van der Waals surface area contributed by atoms with Crippen LogP contribution in [0.4, 0.5) is 0 Å². The minimum absolute atomic E-state index is 0. The number of rotatable bonds is 8. The molecule has 0 atom stereocenters. The molecule has 4 heteroatoms. The van der Waals surface area contributed by atoms with Gasteiger partial charge in [0.25, 0.3) is 0 Å². The van der Waals surface area contributed by atoms with Crippen LogP contribution in [0, 0.1) is 0 Å². The van der Waals surface area contributed by atoms with Crippen LogP contribution in [0.1, 0.15) is 27.1 Å². The van der Waals surface area contributed by atoms with Crippen molar-refractivity contribution in [3.63, 3.8) is 0 Å². The molecule has 0 unspecified atom stereocenters. The molecule has 0 fully saturated rings. The maximum Gasteiger partial charge on any atom is 1.00 e. The third-order valence-electron chi connectivity index (χ3n) is 1.62. The van der Waals surface area contributed by atoms with Crippen LogP contribution < -0.4 is 35.6 Å². The summed E-state index contributed by atoms with van der Waals surface area (Å²) >= 11 is 0. The largest absolute Gasteiger partial charge is 1.00 e. The van der Waals surface area contributed by atoms with Crippen molar-refractivity contribution in [1.82, 2.24) is 5.32 Å². The number of unbranched alkanes of at least 4 members (excludes halogenated alkanes) is 2. The molecule has 0 bridgehead atoms. The van der Waals surface area contributed by atoms with E-state index in [-0.39, 0.29) is 20.3 Å². The Morgan fingerprint density at radius 2 is 1.25 bits per heavy atom. The molecule has 0 spiro atoms. The number of hydrogen-bond donors (Lipinski definition) is 3. The summed E-state index contributed by atoms with van der Waals surface area (Å²) in [6.07, 6.45) is 4.64. The smallest absolute Gasteiger partial charge is 1.00 e. The Kier molecular flexibility index (Phi) is 17.5. The summed E-state index contributed by atoms with van der Waals surface area (Å²) in [5, 5.41) is 3.34. The van der Waals surface area contributed by atoms with Crippen LogP contribution in [0.25, 0.3) is 0 Å². The molecule has 3 nitrogen and oxygen atoms in total. The maximum absolute atomic E-state index is 5.35. The van der Waals surface area contributed by atoms with Crippen molar-refractivity contribution in [1.29, 1.82) is 0 Å². The second-order valence-electron chi connectivity index (χ2n) is 2.74. The molecule has 70 valence electrons. The first kappa shape index (κ1) is 15.0. The predicted octanol–water partition coefficient (Wildman–Crippen LogP) is -2.83. The third-order valence-corrected chi connectivity index (χ3v) is 1.62. The summed E-state index contributed by atoms with van der Waals surface area (Å²) in [6.45, 7) is 3.82. The Balaban J connectivity index is -0.000000500. The van der Waals surface area contributed by atoms with Gasteiger partial charge in [-0.3, -0.25) is 0 Å². The standard InChI is InChI=1S/C8H21N3.Li.H/c9-5-1-3-7-11-8-4-2-6-10;;/h11H,1-10H2;;/q;+1;-1. The fourth-order valence-corrected chi connectivity index (χ4v) is 0.914. The van der Waals surface area contributed by atoms with E-state index >= 15 is 0 Å². The van der Waals surface area contributed by atoms with Crippen molar-refractivity contribution in [2.75, 3.05) is 26.2 Å². The first-order valence-corrected chi connectivity index (χ1v) is 4.52. The minimum Gasteiger partial charge on any atom is -1.00 e. The second kappa shape index (κ2) is 14.0. The van der Waals surface area contributed by atoms with Crippen LogP contribution in [0.3, 0.4) is 0 Å². The van der Waals surface area contributed by atoms with Crippen LogP contribution in [-0.2, 0) is 0 Å². The van der Waals surface area contributed by atoms with E-state index in [1.54, 1.807) is 0 Å². The molecule has 12 heavy (non-hydrogen) atoms. The summed E-state index contributed by atoms with van der Waals surface area (Å²) in [6, 6.07) is 0. The van der Waals surface area contributed by atoms with E-state index in [1.807, 2.05) is 0 Å². The summed E-state index contributed by atoms with van der Waals surface area (Å²) in [5.74, 6) is 0. The van der Waals surface area contributed by atoms with Crippen molar-refractivity contribution in [2.24, 2.45) is 11.5 Å². The molecule has 5 N–H and O–H groups in total. The van der Waals surface area contributed by atoms with Gasteiger partial charge in [-0.05, 0) is 51.9 Å². The van der Waals surface area contributed by atoms with Gasteiger partial charge in [0.05, 0.1) is 0 Å². The van der Waals surface area contributed by atoms with Crippen molar-refractivity contribution < 1.29 is 20.3 Å². The number of hydrogen-bond acceptors (Lipinski definition) is 3. The molecule has 0 aromatic heterocycles. The molecule has 0 aliphatic heterocycles. The van der Waals surface area contributed by atoms with Gasteiger partial charge in [-0.25, -0.2) is 0 Å². The molecule has 0 rings (SSSR count). The molecular weight excluding hydrogens is 145 g/mol. The van der Waals surface area contributed by atoms with Gasteiger partial charge in [0.15, 0.2) is 0 Å². The number of nitrogens with one attached hydrogen (secondary N) is 1. The van der Waals surface area contributed by atoms with Crippen molar-refractivity contribution in [3.05, 3.63) is 0 Å². The molecule has 0 aliphatic carbocycles. The van der Waals surface area contributed by atoms with E-state index < -0.39 is 0 Å². The maximum atomic E-state index is 5.35. The van der Waals surface area contributed by atoms with Crippen molar-refractivity contribution >= 4 is 0 Å². The average Bonchev–Trinajstić information content (AvgIpc) is 2.03. The molecule has 0 saturated carbocycles. The zero-order valence-corrected chi connectivity index (χ0v) is 8.31. The predicted molar refractivity (Wildman–Crippen MR) is 50.6 cm³/mol. The van der Waals surface area contributed by atoms with Crippen LogP contribution >= 0.6 is 0 Å². The third kappa shape index (κ3) is 13.1. The fraction of sp³-hybridized carbons (Fsp3) is 1.00. The van der Waals surface area contributed by atoms with E-state index in [0.717, 1.165) is 39.0 Å². The molecule has 0 aromatic rings. The Labute approximate surface area is 89.3 Å². The van der Waals surface area contributed by atoms with Crippen LogP contribution in [0.5, 0.6) is 0 Å². The molecule has 0 heterocycles. The quantitative estimate of drug-likeness (QED) is 0.270.